The zero-order valence-corrected chi connectivity index (χ0v) is 15.8. The molecule has 1 heterocycles. The number of carbonyl (C=O) groups excluding carboxylic acids is 2. The highest BCUT2D eigenvalue weighted by Crippen LogP contribution is 2.31. The Bertz CT molecular complexity index is 925. The second-order valence-electron chi connectivity index (χ2n) is 6.60. The lowest BCUT2D eigenvalue weighted by molar-refractivity contribution is -0.122. The molecule has 2 N–H and O–H groups in total. The molecule has 1 saturated heterocycles. The molecule has 1 aliphatic rings. The Morgan fingerprint density at radius 3 is 2.68 bits per heavy atom. The minimum atomic E-state index is -1.08. The predicted molar refractivity (Wildman–Crippen MR) is 105 cm³/mol. The number of nitrogens with zero attached hydrogens (tertiary/aromatic N) is 1. The van der Waals surface area contributed by atoms with E-state index in [1.165, 1.54) is 25.3 Å². The SMILES string of the molecule is CCc1ccccc1N1CC(C(=O)Nc2ccc(C(=O)O)cc2OC)CC1=O. The summed E-state index contributed by atoms with van der Waals surface area (Å²) >= 11 is 0. The van der Waals surface area contributed by atoms with Crippen LogP contribution in [-0.4, -0.2) is 36.5 Å². The summed E-state index contributed by atoms with van der Waals surface area (Å²) in [6.45, 7) is 2.33. The van der Waals surface area contributed by atoms with Crippen LogP contribution in [-0.2, 0) is 16.0 Å². The summed E-state index contributed by atoms with van der Waals surface area (Å²) in [6, 6.07) is 11.9. The lowest BCUT2D eigenvalue weighted by Gasteiger charge is -2.20. The second kappa shape index (κ2) is 8.12. The predicted octanol–water partition coefficient (Wildman–Crippen LogP) is 2.95. The molecular formula is C21H22N2O5. The highest BCUT2D eigenvalue weighted by Gasteiger charge is 2.36. The van der Waals surface area contributed by atoms with Crippen molar-refractivity contribution >= 4 is 29.2 Å². The van der Waals surface area contributed by atoms with E-state index in [1.807, 2.05) is 31.2 Å². The molecule has 0 bridgehead atoms. The number of carboxylic acid groups (broad SMARTS) is 1. The number of carboxylic acids is 1. The van der Waals surface area contributed by atoms with Gasteiger partial charge in [0, 0.05) is 18.7 Å². The molecular weight excluding hydrogens is 360 g/mol. The standard InChI is InChI=1S/C21H22N2O5/c1-3-13-6-4-5-7-17(13)23-12-15(11-19(23)24)20(25)22-16-9-8-14(21(26)27)10-18(16)28-2/h4-10,15H,3,11-12H2,1-2H3,(H,22,25)(H,26,27). The highest BCUT2D eigenvalue weighted by molar-refractivity contribution is 6.04. The topological polar surface area (TPSA) is 95.9 Å². The van der Waals surface area contributed by atoms with Crippen molar-refractivity contribution < 1.29 is 24.2 Å². The Kier molecular flexibility index (Phi) is 5.63. The molecule has 1 atom stereocenters. The van der Waals surface area contributed by atoms with Gasteiger partial charge in [0.15, 0.2) is 0 Å². The Balaban J connectivity index is 1.76. The van der Waals surface area contributed by atoms with Crippen LogP contribution in [0.3, 0.4) is 0 Å². The van der Waals surface area contributed by atoms with Gasteiger partial charge in [-0.25, -0.2) is 4.79 Å². The fourth-order valence-electron chi connectivity index (χ4n) is 3.35. The Morgan fingerprint density at radius 1 is 1.25 bits per heavy atom. The minimum absolute atomic E-state index is 0.0632. The molecule has 1 aliphatic heterocycles. The first-order valence-electron chi connectivity index (χ1n) is 9.05. The number of hydrogen-bond donors (Lipinski definition) is 2. The average molecular weight is 382 g/mol. The zero-order chi connectivity index (χ0) is 20.3. The van der Waals surface area contributed by atoms with E-state index in [2.05, 4.69) is 5.32 Å². The molecule has 1 unspecified atom stereocenters. The van der Waals surface area contributed by atoms with Crippen molar-refractivity contribution in [2.24, 2.45) is 5.92 Å². The first-order valence-corrected chi connectivity index (χ1v) is 9.05. The molecule has 7 heteroatoms. The van der Waals surface area contributed by atoms with Crippen molar-refractivity contribution in [3.05, 3.63) is 53.6 Å². The van der Waals surface area contributed by atoms with Crippen molar-refractivity contribution in [1.82, 2.24) is 0 Å². The van der Waals surface area contributed by atoms with Crippen LogP contribution in [0.5, 0.6) is 5.75 Å². The molecule has 146 valence electrons. The Morgan fingerprint density at radius 2 is 2.00 bits per heavy atom. The van der Waals surface area contributed by atoms with Crippen LogP contribution in [0, 0.1) is 5.92 Å². The monoisotopic (exact) mass is 382 g/mol. The number of aryl methyl sites for hydroxylation is 1. The largest absolute Gasteiger partial charge is 0.495 e. The lowest BCUT2D eigenvalue weighted by Crippen LogP contribution is -2.28. The molecule has 28 heavy (non-hydrogen) atoms. The maximum absolute atomic E-state index is 12.7. The van der Waals surface area contributed by atoms with E-state index in [4.69, 9.17) is 9.84 Å². The number of hydrogen-bond acceptors (Lipinski definition) is 4. The Hall–Kier alpha value is -3.35. The van der Waals surface area contributed by atoms with Crippen LogP contribution < -0.4 is 15.0 Å². The fraction of sp³-hybridized carbons (Fsp3) is 0.286. The number of benzene rings is 2. The maximum Gasteiger partial charge on any atom is 0.335 e. The van der Waals surface area contributed by atoms with Crippen molar-refractivity contribution in [2.75, 3.05) is 23.9 Å². The summed E-state index contributed by atoms with van der Waals surface area (Å²) < 4.78 is 5.19. The number of para-hydroxylation sites is 1. The third-order valence-electron chi connectivity index (χ3n) is 4.87. The van der Waals surface area contributed by atoms with E-state index in [-0.39, 0.29) is 29.5 Å². The normalized spacial score (nSPS) is 16.1. The van der Waals surface area contributed by atoms with Gasteiger partial charge in [0.1, 0.15) is 5.75 Å². The minimum Gasteiger partial charge on any atom is -0.495 e. The van der Waals surface area contributed by atoms with Gasteiger partial charge in [0.25, 0.3) is 0 Å². The Labute approximate surface area is 162 Å². The van der Waals surface area contributed by atoms with Crippen molar-refractivity contribution in [3.8, 4) is 5.75 Å². The van der Waals surface area contributed by atoms with Crippen LogP contribution in [0.1, 0.15) is 29.3 Å². The van der Waals surface area contributed by atoms with Gasteiger partial charge in [-0.3, -0.25) is 9.59 Å². The number of rotatable bonds is 6. The van der Waals surface area contributed by atoms with E-state index in [0.717, 1.165) is 17.7 Å². The van der Waals surface area contributed by atoms with Gasteiger partial charge in [-0.1, -0.05) is 25.1 Å². The summed E-state index contributed by atoms with van der Waals surface area (Å²) in [5.41, 5.74) is 2.34. The number of ether oxygens (including phenoxy) is 1. The lowest BCUT2D eigenvalue weighted by atomic mass is 10.1. The number of anilines is 2. The van der Waals surface area contributed by atoms with Gasteiger partial charge in [0.05, 0.1) is 24.3 Å². The molecule has 0 aliphatic carbocycles. The van der Waals surface area contributed by atoms with E-state index >= 15 is 0 Å². The summed E-state index contributed by atoms with van der Waals surface area (Å²) in [6.07, 6.45) is 0.920. The van der Waals surface area contributed by atoms with Crippen molar-refractivity contribution in [3.63, 3.8) is 0 Å². The molecule has 2 aromatic carbocycles. The molecule has 7 nitrogen and oxygen atoms in total. The van der Waals surface area contributed by atoms with Gasteiger partial charge in [-0.2, -0.15) is 0 Å². The number of aromatic carboxylic acids is 1. The van der Waals surface area contributed by atoms with Gasteiger partial charge >= 0.3 is 5.97 Å². The first-order chi connectivity index (χ1) is 13.4. The molecule has 2 aromatic rings. The second-order valence-corrected chi connectivity index (χ2v) is 6.60. The van der Waals surface area contributed by atoms with Gasteiger partial charge in [-0.15, -0.1) is 0 Å². The average Bonchev–Trinajstić information content (AvgIpc) is 3.09. The van der Waals surface area contributed by atoms with Crippen LogP contribution in [0.25, 0.3) is 0 Å². The van der Waals surface area contributed by atoms with Crippen LogP contribution in [0.4, 0.5) is 11.4 Å². The number of carbonyl (C=O) groups is 3. The number of nitrogens with one attached hydrogen (secondary N) is 1. The summed E-state index contributed by atoms with van der Waals surface area (Å²) in [4.78, 5) is 38.0. The molecule has 3 rings (SSSR count). The van der Waals surface area contributed by atoms with Crippen LogP contribution >= 0.6 is 0 Å². The van der Waals surface area contributed by atoms with E-state index in [9.17, 15) is 14.4 Å². The molecule has 2 amide bonds. The fourth-order valence-corrected chi connectivity index (χ4v) is 3.35. The van der Waals surface area contributed by atoms with Gasteiger partial charge in [-0.05, 0) is 36.2 Å². The van der Waals surface area contributed by atoms with Crippen LogP contribution in [0.2, 0.25) is 0 Å². The smallest absolute Gasteiger partial charge is 0.335 e. The number of amides is 2. The summed E-state index contributed by atoms with van der Waals surface area (Å²) in [5, 5.41) is 11.8. The molecule has 1 fully saturated rings. The number of methoxy groups -OCH3 is 1. The zero-order valence-electron chi connectivity index (χ0n) is 15.8. The van der Waals surface area contributed by atoms with E-state index in [0.29, 0.717) is 12.2 Å². The van der Waals surface area contributed by atoms with Gasteiger partial charge in [0.2, 0.25) is 11.8 Å². The molecule has 0 saturated carbocycles. The van der Waals surface area contributed by atoms with E-state index < -0.39 is 11.9 Å². The molecule has 0 aromatic heterocycles. The molecule has 0 radical (unpaired) electrons. The molecule has 0 spiro atoms. The van der Waals surface area contributed by atoms with Gasteiger partial charge < -0.3 is 20.1 Å². The van der Waals surface area contributed by atoms with Crippen molar-refractivity contribution in [2.45, 2.75) is 19.8 Å². The highest BCUT2D eigenvalue weighted by atomic mass is 16.5. The third kappa shape index (κ3) is 3.83. The summed E-state index contributed by atoms with van der Waals surface area (Å²) in [7, 11) is 1.40. The van der Waals surface area contributed by atoms with Crippen LogP contribution in [0.15, 0.2) is 42.5 Å². The summed E-state index contributed by atoms with van der Waals surface area (Å²) in [5.74, 6) is -1.71. The first kappa shape index (κ1) is 19.4. The maximum atomic E-state index is 12.7. The van der Waals surface area contributed by atoms with Crippen molar-refractivity contribution in [1.29, 1.82) is 0 Å². The third-order valence-corrected chi connectivity index (χ3v) is 4.87. The quantitative estimate of drug-likeness (QED) is 0.801. The van der Waals surface area contributed by atoms with E-state index in [1.54, 1.807) is 4.90 Å².